The number of para-hydroxylation sites is 2. The molecule has 2 aromatic rings. The van der Waals surface area contributed by atoms with Crippen LogP contribution in [0.1, 0.15) is 5.56 Å². The van der Waals surface area contributed by atoms with Gasteiger partial charge in [0.1, 0.15) is 0 Å². The van der Waals surface area contributed by atoms with E-state index in [0.717, 1.165) is 16.9 Å². The van der Waals surface area contributed by atoms with Crippen molar-refractivity contribution in [1.29, 1.82) is 0 Å². The molecule has 102 valence electrons. The van der Waals surface area contributed by atoms with Gasteiger partial charge < -0.3 is 14.9 Å². The molecular formula is C16H16N2O2. The summed E-state index contributed by atoms with van der Waals surface area (Å²) < 4.78 is 0. The van der Waals surface area contributed by atoms with E-state index in [1.54, 1.807) is 0 Å². The summed E-state index contributed by atoms with van der Waals surface area (Å²) in [6.45, 7) is 0. The minimum absolute atomic E-state index is 0.744. The molecule has 0 fully saturated rings. The fraction of sp³-hybridized carbons (Fsp3) is 0.188. The zero-order chi connectivity index (χ0) is 14.3. The molecule has 3 rings (SSSR count). The Morgan fingerprint density at radius 3 is 1.80 bits per heavy atom. The number of likely N-dealkylation sites (N-methyl/N-ethyl adjacent to an activating group) is 2. The van der Waals surface area contributed by atoms with Crippen molar-refractivity contribution in [1.82, 2.24) is 0 Å². The molecule has 4 nitrogen and oxygen atoms in total. The number of carboxylic acids is 1. The van der Waals surface area contributed by atoms with Crippen molar-refractivity contribution in [3.8, 4) is 0 Å². The van der Waals surface area contributed by atoms with E-state index in [9.17, 15) is 9.90 Å². The van der Waals surface area contributed by atoms with Crippen molar-refractivity contribution in [2.75, 3.05) is 23.9 Å². The van der Waals surface area contributed by atoms with E-state index in [1.165, 1.54) is 0 Å². The van der Waals surface area contributed by atoms with Gasteiger partial charge >= 0.3 is 5.97 Å². The zero-order valence-electron chi connectivity index (χ0n) is 11.4. The highest BCUT2D eigenvalue weighted by molar-refractivity contribution is 5.96. The van der Waals surface area contributed by atoms with Crippen LogP contribution >= 0.6 is 0 Å². The van der Waals surface area contributed by atoms with Crippen LogP contribution in [-0.2, 0) is 10.5 Å². The lowest BCUT2D eigenvalue weighted by Gasteiger charge is -2.39. The summed E-state index contributed by atoms with van der Waals surface area (Å²) >= 11 is 0. The Labute approximate surface area is 117 Å². The SMILES string of the molecule is CN1c2ccccc2N(C)C1(C(=O)O)c1ccccc1. The predicted octanol–water partition coefficient (Wildman–Crippen LogP) is 2.51. The Hall–Kier alpha value is -2.49. The average molecular weight is 268 g/mol. The zero-order valence-corrected chi connectivity index (χ0v) is 11.4. The number of nitrogens with zero attached hydrogens (tertiary/aromatic N) is 2. The third-order valence-electron chi connectivity index (χ3n) is 4.05. The molecule has 1 N–H and O–H groups in total. The number of hydrogen-bond donors (Lipinski definition) is 1. The van der Waals surface area contributed by atoms with Crippen LogP contribution < -0.4 is 9.80 Å². The fourth-order valence-electron chi connectivity index (χ4n) is 3.07. The van der Waals surface area contributed by atoms with Gasteiger partial charge in [0, 0.05) is 19.7 Å². The van der Waals surface area contributed by atoms with Gasteiger partial charge in [-0.25, -0.2) is 4.79 Å². The quantitative estimate of drug-likeness (QED) is 0.909. The maximum atomic E-state index is 12.1. The summed E-state index contributed by atoms with van der Waals surface area (Å²) in [5, 5.41) is 9.95. The standard InChI is InChI=1S/C16H16N2O2/c1-17-13-10-6-7-11-14(13)18(2)16(17,15(19)20)12-8-4-3-5-9-12/h3-11H,1-2H3,(H,19,20). The topological polar surface area (TPSA) is 43.8 Å². The van der Waals surface area contributed by atoms with Crippen molar-refractivity contribution >= 4 is 17.3 Å². The molecule has 0 unspecified atom stereocenters. The monoisotopic (exact) mass is 268 g/mol. The lowest BCUT2D eigenvalue weighted by molar-refractivity contribution is -0.143. The largest absolute Gasteiger partial charge is 0.478 e. The van der Waals surface area contributed by atoms with Crippen LogP contribution in [0.3, 0.4) is 0 Å². The van der Waals surface area contributed by atoms with Gasteiger partial charge in [-0.3, -0.25) is 0 Å². The number of rotatable bonds is 2. The van der Waals surface area contributed by atoms with Crippen LogP contribution in [0.5, 0.6) is 0 Å². The van der Waals surface area contributed by atoms with Gasteiger partial charge in [0.2, 0.25) is 5.66 Å². The number of carbonyl (C=O) groups is 1. The molecule has 0 saturated heterocycles. The van der Waals surface area contributed by atoms with E-state index in [0.29, 0.717) is 0 Å². The van der Waals surface area contributed by atoms with E-state index in [1.807, 2.05) is 78.5 Å². The molecule has 1 aliphatic heterocycles. The Kier molecular flexibility index (Phi) is 2.67. The Balaban J connectivity index is 2.27. The molecule has 0 amide bonds. The van der Waals surface area contributed by atoms with Crippen LogP contribution in [0, 0.1) is 0 Å². The Morgan fingerprint density at radius 1 is 0.900 bits per heavy atom. The minimum atomic E-state index is -1.20. The van der Waals surface area contributed by atoms with E-state index >= 15 is 0 Å². The predicted molar refractivity (Wildman–Crippen MR) is 79.0 cm³/mol. The second kappa shape index (κ2) is 4.27. The number of benzene rings is 2. The van der Waals surface area contributed by atoms with Crippen LogP contribution in [0.2, 0.25) is 0 Å². The Bertz CT molecular complexity index is 626. The van der Waals surface area contributed by atoms with Gasteiger partial charge in [0.25, 0.3) is 0 Å². The molecule has 0 aromatic heterocycles. The molecule has 0 spiro atoms. The van der Waals surface area contributed by atoms with Crippen LogP contribution in [0.15, 0.2) is 54.6 Å². The molecule has 2 aromatic carbocycles. The lowest BCUT2D eigenvalue weighted by Crippen LogP contribution is -2.57. The van der Waals surface area contributed by atoms with E-state index < -0.39 is 11.6 Å². The molecule has 4 heteroatoms. The molecule has 0 aliphatic carbocycles. The number of fused-ring (bicyclic) bond motifs is 1. The highest BCUT2D eigenvalue weighted by Gasteiger charge is 2.53. The maximum absolute atomic E-state index is 12.1. The molecule has 1 heterocycles. The molecule has 1 aliphatic rings. The van der Waals surface area contributed by atoms with Gasteiger partial charge in [-0.1, -0.05) is 42.5 Å². The minimum Gasteiger partial charge on any atom is -0.478 e. The van der Waals surface area contributed by atoms with Crippen LogP contribution in [0.25, 0.3) is 0 Å². The molecule has 0 atom stereocenters. The summed E-state index contributed by atoms with van der Waals surface area (Å²) in [6.07, 6.45) is 0. The third kappa shape index (κ3) is 1.39. The second-order valence-corrected chi connectivity index (χ2v) is 4.95. The van der Waals surface area contributed by atoms with E-state index in [2.05, 4.69) is 0 Å². The second-order valence-electron chi connectivity index (χ2n) is 4.95. The van der Waals surface area contributed by atoms with Crippen molar-refractivity contribution in [3.05, 3.63) is 60.2 Å². The third-order valence-corrected chi connectivity index (χ3v) is 4.05. The van der Waals surface area contributed by atoms with Crippen molar-refractivity contribution in [2.45, 2.75) is 5.66 Å². The van der Waals surface area contributed by atoms with E-state index in [-0.39, 0.29) is 0 Å². The van der Waals surface area contributed by atoms with Crippen molar-refractivity contribution in [2.24, 2.45) is 0 Å². The first kappa shape index (κ1) is 12.5. The van der Waals surface area contributed by atoms with Gasteiger partial charge in [-0.2, -0.15) is 0 Å². The summed E-state index contributed by atoms with van der Waals surface area (Å²) in [6, 6.07) is 17.1. The Morgan fingerprint density at radius 2 is 1.35 bits per heavy atom. The summed E-state index contributed by atoms with van der Waals surface area (Å²) in [4.78, 5) is 15.8. The summed E-state index contributed by atoms with van der Waals surface area (Å²) in [5.74, 6) is -0.884. The molecule has 0 radical (unpaired) electrons. The number of hydrogen-bond acceptors (Lipinski definition) is 3. The molecular weight excluding hydrogens is 252 g/mol. The highest BCUT2D eigenvalue weighted by Crippen LogP contribution is 2.48. The number of anilines is 2. The average Bonchev–Trinajstić information content (AvgIpc) is 2.70. The van der Waals surface area contributed by atoms with Gasteiger partial charge in [-0.15, -0.1) is 0 Å². The number of carboxylic acid groups (broad SMARTS) is 1. The van der Waals surface area contributed by atoms with Crippen molar-refractivity contribution in [3.63, 3.8) is 0 Å². The smallest absolute Gasteiger partial charge is 0.355 e. The fourth-order valence-corrected chi connectivity index (χ4v) is 3.07. The van der Waals surface area contributed by atoms with Crippen LogP contribution in [-0.4, -0.2) is 25.2 Å². The summed E-state index contributed by atoms with van der Waals surface area (Å²) in [5.41, 5.74) is 1.38. The highest BCUT2D eigenvalue weighted by atomic mass is 16.4. The first-order valence-corrected chi connectivity index (χ1v) is 6.45. The lowest BCUT2D eigenvalue weighted by atomic mass is 9.97. The van der Waals surface area contributed by atoms with Gasteiger partial charge in [-0.05, 0) is 12.1 Å². The molecule has 20 heavy (non-hydrogen) atoms. The maximum Gasteiger partial charge on any atom is 0.355 e. The summed E-state index contributed by atoms with van der Waals surface area (Å²) in [7, 11) is 3.65. The normalized spacial score (nSPS) is 16.1. The van der Waals surface area contributed by atoms with Crippen molar-refractivity contribution < 1.29 is 9.90 Å². The first-order valence-electron chi connectivity index (χ1n) is 6.45. The van der Waals surface area contributed by atoms with E-state index in [4.69, 9.17) is 0 Å². The van der Waals surface area contributed by atoms with Gasteiger partial charge in [0.15, 0.2) is 0 Å². The number of aliphatic carboxylic acids is 1. The van der Waals surface area contributed by atoms with Gasteiger partial charge in [0.05, 0.1) is 11.4 Å². The molecule has 0 bridgehead atoms. The van der Waals surface area contributed by atoms with Crippen LogP contribution in [0.4, 0.5) is 11.4 Å². The first-order chi connectivity index (χ1) is 9.60. The molecule has 0 saturated carbocycles.